The van der Waals surface area contributed by atoms with Gasteiger partial charge in [-0.25, -0.2) is 8.42 Å². The summed E-state index contributed by atoms with van der Waals surface area (Å²) in [6, 6.07) is 0.784. The molecule has 0 aromatic heterocycles. The Morgan fingerprint density at radius 3 is 2.48 bits per heavy atom. The molecule has 0 amide bonds. The summed E-state index contributed by atoms with van der Waals surface area (Å²) in [4.78, 5) is 4.68. The van der Waals surface area contributed by atoms with E-state index in [2.05, 4.69) is 43.3 Å². The van der Waals surface area contributed by atoms with E-state index in [9.17, 15) is 8.42 Å². The topological polar surface area (TPSA) is 70.6 Å². The van der Waals surface area contributed by atoms with Gasteiger partial charge >= 0.3 is 0 Å². The largest absolute Gasteiger partial charge is 0.354 e. The number of rotatable bonds is 4. The minimum Gasteiger partial charge on any atom is -0.354 e. The average molecular weight is 344 g/mol. The highest BCUT2D eigenvalue weighted by Gasteiger charge is 2.28. The Kier molecular flexibility index (Phi) is 6.34. The lowest BCUT2D eigenvalue weighted by Gasteiger charge is -2.33. The first-order valence-corrected chi connectivity index (χ1v) is 10.8. The molecule has 4 unspecified atom stereocenters. The van der Waals surface area contributed by atoms with Crippen molar-refractivity contribution in [3.8, 4) is 0 Å². The van der Waals surface area contributed by atoms with Crippen LogP contribution in [-0.2, 0) is 9.84 Å². The minimum absolute atomic E-state index is 0.177. The number of nitrogens with zero attached hydrogens (tertiary/aromatic N) is 1. The van der Waals surface area contributed by atoms with E-state index in [-0.39, 0.29) is 5.92 Å². The average Bonchev–Trinajstić information content (AvgIpc) is 2.79. The third-order valence-corrected chi connectivity index (χ3v) is 7.04. The predicted molar refractivity (Wildman–Crippen MR) is 96.4 cm³/mol. The molecule has 0 aromatic rings. The van der Waals surface area contributed by atoms with Crippen LogP contribution >= 0.6 is 0 Å². The van der Waals surface area contributed by atoms with Crippen LogP contribution < -0.4 is 10.6 Å². The van der Waals surface area contributed by atoms with Gasteiger partial charge < -0.3 is 10.6 Å². The Morgan fingerprint density at radius 1 is 1.17 bits per heavy atom. The maximum absolute atomic E-state index is 11.6. The minimum atomic E-state index is -2.82. The second-order valence-corrected chi connectivity index (χ2v) is 10.1. The van der Waals surface area contributed by atoms with E-state index in [1.54, 1.807) is 0 Å². The molecular weight excluding hydrogens is 310 g/mol. The van der Waals surface area contributed by atoms with Crippen molar-refractivity contribution in [3.05, 3.63) is 0 Å². The molecule has 1 aliphatic carbocycles. The predicted octanol–water partition coefficient (Wildman–Crippen LogP) is 2.19. The summed E-state index contributed by atoms with van der Waals surface area (Å²) in [5.74, 6) is 3.18. The van der Waals surface area contributed by atoms with Gasteiger partial charge in [-0.2, -0.15) is 0 Å². The van der Waals surface area contributed by atoms with E-state index in [0.29, 0.717) is 30.1 Å². The number of nitrogens with one attached hydrogen (secondary N) is 2. The SMILES string of the molecule is CC(C)NC(=NCC1CCS(=O)(=O)C1)NC1CCC(C)C(C)C1. The quantitative estimate of drug-likeness (QED) is 0.606. The fourth-order valence-corrected chi connectivity index (χ4v) is 5.36. The summed E-state index contributed by atoms with van der Waals surface area (Å²) >= 11 is 0. The number of hydrogen-bond donors (Lipinski definition) is 2. The summed E-state index contributed by atoms with van der Waals surface area (Å²) in [5, 5.41) is 6.96. The van der Waals surface area contributed by atoms with Gasteiger partial charge in [0.2, 0.25) is 0 Å². The smallest absolute Gasteiger partial charge is 0.191 e. The van der Waals surface area contributed by atoms with Crippen molar-refractivity contribution >= 4 is 15.8 Å². The van der Waals surface area contributed by atoms with Crippen molar-refractivity contribution < 1.29 is 8.42 Å². The van der Waals surface area contributed by atoms with Gasteiger partial charge in [-0.3, -0.25) is 4.99 Å². The number of aliphatic imine (C=N–C) groups is 1. The van der Waals surface area contributed by atoms with E-state index in [0.717, 1.165) is 24.2 Å². The number of hydrogen-bond acceptors (Lipinski definition) is 3. The van der Waals surface area contributed by atoms with Gasteiger partial charge in [-0.15, -0.1) is 0 Å². The standard InChI is InChI=1S/C17H33N3O2S/c1-12(2)19-17(18-10-15-7-8-23(21,22)11-15)20-16-6-5-13(3)14(4)9-16/h12-16H,5-11H2,1-4H3,(H2,18,19,20). The van der Waals surface area contributed by atoms with E-state index in [1.807, 2.05) is 0 Å². The third kappa shape index (κ3) is 5.98. The van der Waals surface area contributed by atoms with Crippen LogP contribution in [0.15, 0.2) is 4.99 Å². The summed E-state index contributed by atoms with van der Waals surface area (Å²) in [7, 11) is -2.82. The molecule has 5 nitrogen and oxygen atoms in total. The Bertz CT molecular complexity index is 516. The molecule has 1 saturated heterocycles. The molecule has 0 spiro atoms. The monoisotopic (exact) mass is 343 g/mol. The van der Waals surface area contributed by atoms with Crippen molar-refractivity contribution in [1.82, 2.24) is 10.6 Å². The maximum atomic E-state index is 11.6. The van der Waals surface area contributed by atoms with E-state index in [1.165, 1.54) is 19.3 Å². The zero-order chi connectivity index (χ0) is 17.0. The second kappa shape index (κ2) is 7.86. The molecule has 134 valence electrons. The molecule has 6 heteroatoms. The molecule has 2 rings (SSSR count). The van der Waals surface area contributed by atoms with Crippen molar-refractivity contribution in [3.63, 3.8) is 0 Å². The van der Waals surface area contributed by atoms with Gasteiger partial charge in [0.1, 0.15) is 0 Å². The first-order valence-electron chi connectivity index (χ1n) is 9.03. The van der Waals surface area contributed by atoms with E-state index < -0.39 is 9.84 Å². The molecule has 0 aromatic carbocycles. The summed E-state index contributed by atoms with van der Waals surface area (Å²) in [6.07, 6.45) is 4.37. The van der Waals surface area contributed by atoms with Crippen LogP contribution in [0.3, 0.4) is 0 Å². The first kappa shape index (κ1) is 18.6. The molecule has 2 N–H and O–H groups in total. The Balaban J connectivity index is 1.92. The molecule has 1 heterocycles. The Hall–Kier alpha value is -0.780. The molecule has 0 radical (unpaired) electrons. The van der Waals surface area contributed by atoms with Crippen molar-refractivity contribution in [1.29, 1.82) is 0 Å². The fourth-order valence-electron chi connectivity index (χ4n) is 3.51. The van der Waals surface area contributed by atoms with Crippen LogP contribution in [0.25, 0.3) is 0 Å². The van der Waals surface area contributed by atoms with Gasteiger partial charge in [-0.05, 0) is 57.3 Å². The first-order chi connectivity index (χ1) is 10.7. The van der Waals surface area contributed by atoms with Crippen LogP contribution in [0.5, 0.6) is 0 Å². The molecule has 0 bridgehead atoms. The van der Waals surface area contributed by atoms with Gasteiger partial charge in [0.25, 0.3) is 0 Å². The lowest BCUT2D eigenvalue weighted by atomic mass is 9.79. The lowest BCUT2D eigenvalue weighted by Crippen LogP contribution is -2.48. The molecule has 2 aliphatic rings. The van der Waals surface area contributed by atoms with Crippen LogP contribution in [0.4, 0.5) is 0 Å². The van der Waals surface area contributed by atoms with Gasteiger partial charge in [0, 0.05) is 18.6 Å². The summed E-state index contributed by atoms with van der Waals surface area (Å²) in [5.41, 5.74) is 0. The normalized spacial score (nSPS) is 34.6. The number of sulfone groups is 1. The highest BCUT2D eigenvalue weighted by atomic mass is 32.2. The second-order valence-electron chi connectivity index (χ2n) is 7.87. The van der Waals surface area contributed by atoms with E-state index >= 15 is 0 Å². The highest BCUT2D eigenvalue weighted by Crippen LogP contribution is 2.29. The molecule has 1 aliphatic heterocycles. The lowest BCUT2D eigenvalue weighted by molar-refractivity contribution is 0.239. The van der Waals surface area contributed by atoms with Crippen LogP contribution in [0.2, 0.25) is 0 Å². The van der Waals surface area contributed by atoms with Crippen molar-refractivity contribution in [2.24, 2.45) is 22.7 Å². The van der Waals surface area contributed by atoms with Crippen LogP contribution in [-0.4, -0.2) is 44.5 Å². The number of guanidine groups is 1. The Morgan fingerprint density at radius 2 is 1.91 bits per heavy atom. The maximum Gasteiger partial charge on any atom is 0.191 e. The molecule has 23 heavy (non-hydrogen) atoms. The summed E-state index contributed by atoms with van der Waals surface area (Å²) < 4.78 is 23.1. The summed E-state index contributed by atoms with van der Waals surface area (Å²) in [6.45, 7) is 9.46. The van der Waals surface area contributed by atoms with Crippen molar-refractivity contribution in [2.45, 2.75) is 65.5 Å². The van der Waals surface area contributed by atoms with Gasteiger partial charge in [-0.1, -0.05) is 13.8 Å². The Labute approximate surface area is 141 Å². The highest BCUT2D eigenvalue weighted by molar-refractivity contribution is 7.91. The fraction of sp³-hybridized carbons (Fsp3) is 0.941. The van der Waals surface area contributed by atoms with Gasteiger partial charge in [0.05, 0.1) is 11.5 Å². The van der Waals surface area contributed by atoms with Crippen LogP contribution in [0.1, 0.15) is 53.4 Å². The van der Waals surface area contributed by atoms with E-state index in [4.69, 9.17) is 0 Å². The zero-order valence-electron chi connectivity index (χ0n) is 15.0. The molecular formula is C17H33N3O2S. The molecule has 2 fully saturated rings. The third-order valence-electron chi connectivity index (χ3n) is 5.20. The van der Waals surface area contributed by atoms with Crippen molar-refractivity contribution in [2.75, 3.05) is 18.1 Å². The molecule has 1 saturated carbocycles. The van der Waals surface area contributed by atoms with Gasteiger partial charge in [0.15, 0.2) is 15.8 Å². The molecule has 4 atom stereocenters. The zero-order valence-corrected chi connectivity index (χ0v) is 15.8. The van der Waals surface area contributed by atoms with Crippen LogP contribution in [0, 0.1) is 17.8 Å².